The molecule has 0 unspecified atom stereocenters. The van der Waals surface area contributed by atoms with Gasteiger partial charge in [0.15, 0.2) is 17.3 Å². The lowest BCUT2D eigenvalue weighted by molar-refractivity contribution is 0.101. The second-order valence-corrected chi connectivity index (χ2v) is 2.68. The Hall–Kier alpha value is -1.91. The molecule has 0 aromatic heterocycles. The quantitative estimate of drug-likeness (QED) is 0.218. The van der Waals surface area contributed by atoms with Crippen molar-refractivity contribution in [2.24, 2.45) is 0 Å². The molecule has 0 aliphatic carbocycles. The minimum atomic E-state index is -0.431. The van der Waals surface area contributed by atoms with E-state index in [2.05, 4.69) is 0 Å². The fraction of sp³-hybridized carbons (Fsp3) is 0.125. The number of nitrogens with two attached hydrogens (primary N) is 2. The number of nitrogen functional groups attached to an aromatic ring is 2. The van der Waals surface area contributed by atoms with E-state index in [0.29, 0.717) is 0 Å². The van der Waals surface area contributed by atoms with Crippen LogP contribution in [0.4, 0.5) is 11.4 Å². The SMILES string of the molecule is CC(=O)c1cc(N)c(O)c(N)c1O. The highest BCUT2D eigenvalue weighted by molar-refractivity contribution is 6.00. The Labute approximate surface area is 74.6 Å². The minimum absolute atomic E-state index is 0.00722. The summed E-state index contributed by atoms with van der Waals surface area (Å²) in [6.45, 7) is 1.27. The molecule has 0 saturated heterocycles. The summed E-state index contributed by atoms with van der Waals surface area (Å²) in [7, 11) is 0. The van der Waals surface area contributed by atoms with E-state index in [-0.39, 0.29) is 22.7 Å². The summed E-state index contributed by atoms with van der Waals surface area (Å²) in [5.74, 6) is -1.20. The number of phenols is 2. The van der Waals surface area contributed by atoms with E-state index in [4.69, 9.17) is 11.5 Å². The van der Waals surface area contributed by atoms with Gasteiger partial charge >= 0.3 is 0 Å². The Kier molecular flexibility index (Phi) is 2.02. The summed E-state index contributed by atoms with van der Waals surface area (Å²) in [5, 5.41) is 18.5. The average Bonchev–Trinajstić information content (AvgIpc) is 2.07. The third-order valence-electron chi connectivity index (χ3n) is 1.72. The zero-order valence-electron chi connectivity index (χ0n) is 7.03. The molecular formula is C8H10N2O3. The third-order valence-corrected chi connectivity index (χ3v) is 1.72. The van der Waals surface area contributed by atoms with E-state index < -0.39 is 11.5 Å². The van der Waals surface area contributed by atoms with Gasteiger partial charge in [0.25, 0.3) is 0 Å². The highest BCUT2D eigenvalue weighted by atomic mass is 16.3. The van der Waals surface area contributed by atoms with Gasteiger partial charge < -0.3 is 21.7 Å². The maximum atomic E-state index is 10.9. The molecule has 1 aromatic carbocycles. The molecule has 0 spiro atoms. The molecule has 1 aromatic rings. The number of hydrogen-bond donors (Lipinski definition) is 4. The number of carbonyl (C=O) groups is 1. The van der Waals surface area contributed by atoms with Crippen LogP contribution in [-0.2, 0) is 0 Å². The van der Waals surface area contributed by atoms with Gasteiger partial charge in [-0.2, -0.15) is 0 Å². The summed E-state index contributed by atoms with van der Waals surface area (Å²) < 4.78 is 0. The first-order chi connectivity index (χ1) is 5.95. The van der Waals surface area contributed by atoms with E-state index >= 15 is 0 Å². The van der Waals surface area contributed by atoms with Gasteiger partial charge in [-0.1, -0.05) is 0 Å². The largest absolute Gasteiger partial charge is 0.505 e. The predicted octanol–water partition coefficient (Wildman–Crippen LogP) is 0.465. The zero-order chi connectivity index (χ0) is 10.2. The molecule has 0 fully saturated rings. The van der Waals surface area contributed by atoms with Crippen LogP contribution in [0, 0.1) is 0 Å². The van der Waals surface area contributed by atoms with Crippen molar-refractivity contribution in [2.45, 2.75) is 6.92 Å². The number of rotatable bonds is 1. The van der Waals surface area contributed by atoms with E-state index in [0.717, 1.165) is 0 Å². The standard InChI is InChI=1S/C8H10N2O3/c1-3(11)4-2-5(9)8(13)6(10)7(4)12/h2,12-13H,9-10H2,1H3. The molecule has 0 saturated carbocycles. The number of phenolic OH excluding ortho intramolecular Hbond substituents is 2. The topological polar surface area (TPSA) is 110 Å². The van der Waals surface area contributed by atoms with Gasteiger partial charge in [-0.15, -0.1) is 0 Å². The van der Waals surface area contributed by atoms with Crippen molar-refractivity contribution < 1.29 is 15.0 Å². The zero-order valence-corrected chi connectivity index (χ0v) is 7.03. The normalized spacial score (nSPS) is 9.92. The van der Waals surface area contributed by atoms with Gasteiger partial charge in [-0.25, -0.2) is 0 Å². The molecule has 0 bridgehead atoms. The predicted molar refractivity (Wildman–Crippen MR) is 48.6 cm³/mol. The van der Waals surface area contributed by atoms with Gasteiger partial charge in [0.2, 0.25) is 0 Å². The van der Waals surface area contributed by atoms with Crippen molar-refractivity contribution in [1.29, 1.82) is 0 Å². The summed E-state index contributed by atoms with van der Waals surface area (Å²) >= 11 is 0. The summed E-state index contributed by atoms with van der Waals surface area (Å²) in [5.41, 5.74) is 10.3. The van der Waals surface area contributed by atoms with Crippen LogP contribution in [0.3, 0.4) is 0 Å². The van der Waals surface area contributed by atoms with Crippen LogP contribution in [-0.4, -0.2) is 16.0 Å². The second kappa shape index (κ2) is 2.85. The fourth-order valence-electron chi connectivity index (χ4n) is 0.973. The van der Waals surface area contributed by atoms with Crippen LogP contribution in [0.2, 0.25) is 0 Å². The van der Waals surface area contributed by atoms with Crippen LogP contribution >= 0.6 is 0 Å². The lowest BCUT2D eigenvalue weighted by Gasteiger charge is -2.08. The molecule has 0 aliphatic rings. The van der Waals surface area contributed by atoms with Crippen molar-refractivity contribution in [2.75, 3.05) is 11.5 Å². The maximum absolute atomic E-state index is 10.9. The van der Waals surface area contributed by atoms with Crippen molar-refractivity contribution in [1.82, 2.24) is 0 Å². The summed E-state index contributed by atoms with van der Waals surface area (Å²) in [4.78, 5) is 10.9. The van der Waals surface area contributed by atoms with Crippen LogP contribution in [0.5, 0.6) is 11.5 Å². The van der Waals surface area contributed by atoms with Crippen LogP contribution < -0.4 is 11.5 Å². The molecule has 5 heteroatoms. The number of benzene rings is 1. The van der Waals surface area contributed by atoms with Crippen LogP contribution in [0.15, 0.2) is 6.07 Å². The Bertz CT molecular complexity index is 374. The Morgan fingerprint density at radius 3 is 2.31 bits per heavy atom. The Morgan fingerprint density at radius 1 is 1.31 bits per heavy atom. The maximum Gasteiger partial charge on any atom is 0.165 e. The molecule has 70 valence electrons. The fourth-order valence-corrected chi connectivity index (χ4v) is 0.973. The molecule has 5 nitrogen and oxygen atoms in total. The monoisotopic (exact) mass is 182 g/mol. The van der Waals surface area contributed by atoms with Gasteiger partial charge in [0.05, 0.1) is 11.3 Å². The molecule has 0 heterocycles. The number of aromatic hydroxyl groups is 2. The molecule has 0 aliphatic heterocycles. The molecule has 6 N–H and O–H groups in total. The first-order valence-electron chi connectivity index (χ1n) is 3.56. The molecule has 0 atom stereocenters. The van der Waals surface area contributed by atoms with Gasteiger partial charge in [-0.3, -0.25) is 4.79 Å². The summed E-state index contributed by atoms with van der Waals surface area (Å²) in [6, 6.07) is 1.18. The van der Waals surface area contributed by atoms with Crippen molar-refractivity contribution in [3.05, 3.63) is 11.6 Å². The van der Waals surface area contributed by atoms with Crippen molar-refractivity contribution in [3.8, 4) is 11.5 Å². The molecular weight excluding hydrogens is 172 g/mol. The van der Waals surface area contributed by atoms with E-state index in [1.807, 2.05) is 0 Å². The van der Waals surface area contributed by atoms with Crippen LogP contribution in [0.1, 0.15) is 17.3 Å². The number of anilines is 2. The van der Waals surface area contributed by atoms with Crippen molar-refractivity contribution >= 4 is 17.2 Å². The number of ketones is 1. The lowest BCUT2D eigenvalue weighted by atomic mass is 10.1. The Morgan fingerprint density at radius 2 is 1.85 bits per heavy atom. The lowest BCUT2D eigenvalue weighted by Crippen LogP contribution is -2.00. The van der Waals surface area contributed by atoms with Gasteiger partial charge in [-0.05, 0) is 13.0 Å². The molecule has 0 radical (unpaired) electrons. The minimum Gasteiger partial charge on any atom is -0.505 e. The van der Waals surface area contributed by atoms with E-state index in [9.17, 15) is 15.0 Å². The first kappa shape index (κ1) is 9.18. The molecule has 13 heavy (non-hydrogen) atoms. The van der Waals surface area contributed by atoms with Gasteiger partial charge in [0, 0.05) is 0 Å². The second-order valence-electron chi connectivity index (χ2n) is 2.68. The van der Waals surface area contributed by atoms with Crippen LogP contribution in [0.25, 0.3) is 0 Å². The Balaban J connectivity index is 3.50. The van der Waals surface area contributed by atoms with Gasteiger partial charge in [0.1, 0.15) is 5.69 Å². The average molecular weight is 182 g/mol. The highest BCUT2D eigenvalue weighted by Crippen LogP contribution is 2.38. The molecule has 0 amide bonds. The summed E-state index contributed by atoms with van der Waals surface area (Å²) in [6.07, 6.45) is 0. The molecule has 1 rings (SSSR count). The smallest absolute Gasteiger partial charge is 0.165 e. The van der Waals surface area contributed by atoms with E-state index in [1.54, 1.807) is 0 Å². The number of carbonyl (C=O) groups excluding carboxylic acids is 1. The number of Topliss-reactive ketones (excluding diaryl/α,β-unsaturated/α-hetero) is 1. The first-order valence-corrected chi connectivity index (χ1v) is 3.56. The number of hydrogen-bond acceptors (Lipinski definition) is 5. The van der Waals surface area contributed by atoms with E-state index in [1.165, 1.54) is 13.0 Å². The van der Waals surface area contributed by atoms with Crippen molar-refractivity contribution in [3.63, 3.8) is 0 Å². The third kappa shape index (κ3) is 1.35. The highest BCUT2D eigenvalue weighted by Gasteiger charge is 2.15.